The molecule has 22 heavy (non-hydrogen) atoms. The number of terminal acetylenes is 1. The lowest BCUT2D eigenvalue weighted by Gasteiger charge is -2.26. The summed E-state index contributed by atoms with van der Waals surface area (Å²) >= 11 is 0. The topological polar surface area (TPSA) is 160 Å². The van der Waals surface area contributed by atoms with Crippen LogP contribution in [0.4, 0.5) is 5.95 Å². The zero-order valence-electron chi connectivity index (χ0n) is 11.2. The van der Waals surface area contributed by atoms with Crippen LogP contribution in [0, 0.1) is 12.3 Å². The first-order valence-electron chi connectivity index (χ1n) is 6.29. The molecule has 0 radical (unpaired) electrons. The molecule has 0 unspecified atom stereocenters. The largest absolute Gasteiger partial charge is 0.394 e. The Kier molecular flexibility index (Phi) is 3.15. The maximum Gasteiger partial charge on any atom is 0.280 e. The van der Waals surface area contributed by atoms with Crippen LogP contribution in [-0.4, -0.2) is 59.3 Å². The number of aliphatic hydroxyl groups excluding tert-OH is 2. The highest BCUT2D eigenvalue weighted by molar-refractivity contribution is 5.70. The average molecular weight is 307 g/mol. The Hall–Kier alpha value is -2.45. The van der Waals surface area contributed by atoms with Crippen LogP contribution in [-0.2, 0) is 4.74 Å². The van der Waals surface area contributed by atoms with Gasteiger partial charge in [0.2, 0.25) is 5.95 Å². The van der Waals surface area contributed by atoms with E-state index in [1.807, 2.05) is 0 Å². The number of anilines is 1. The minimum Gasteiger partial charge on any atom is -0.394 e. The van der Waals surface area contributed by atoms with Crippen LogP contribution in [0.3, 0.4) is 0 Å². The number of nitrogens with zero attached hydrogens (tertiary/aromatic N) is 3. The molecule has 0 saturated carbocycles. The van der Waals surface area contributed by atoms with Crippen LogP contribution in [0.25, 0.3) is 11.2 Å². The number of nitrogen functional groups attached to an aromatic ring is 1. The summed E-state index contributed by atoms with van der Waals surface area (Å²) in [6.07, 6.45) is 2.59. The molecule has 1 aliphatic heterocycles. The molecule has 2 aromatic rings. The van der Waals surface area contributed by atoms with Gasteiger partial charge in [-0.2, -0.15) is 4.98 Å². The highest BCUT2D eigenvalue weighted by Crippen LogP contribution is 2.38. The molecular weight excluding hydrogens is 294 g/mol. The van der Waals surface area contributed by atoms with Gasteiger partial charge in [-0.15, -0.1) is 6.42 Å². The smallest absolute Gasteiger partial charge is 0.280 e. The molecule has 116 valence electrons. The van der Waals surface area contributed by atoms with E-state index in [-0.39, 0.29) is 17.1 Å². The fourth-order valence-corrected chi connectivity index (χ4v) is 2.47. The Morgan fingerprint density at radius 1 is 1.64 bits per heavy atom. The summed E-state index contributed by atoms with van der Waals surface area (Å²) < 4.78 is 6.59. The zero-order valence-corrected chi connectivity index (χ0v) is 11.2. The molecule has 0 amide bonds. The SMILES string of the molecule is C#C[C@]1(O)[C@H](O)[C@@H](CO)O[C@H]1n1cnc2c(=O)[nH]c(N)nc21. The van der Waals surface area contributed by atoms with Gasteiger partial charge in [-0.3, -0.25) is 14.3 Å². The molecule has 1 aliphatic rings. The molecule has 3 heterocycles. The third-order valence-corrected chi connectivity index (χ3v) is 3.60. The van der Waals surface area contributed by atoms with Crippen LogP contribution < -0.4 is 11.3 Å². The summed E-state index contributed by atoms with van der Waals surface area (Å²) in [4.78, 5) is 21.9. The second-order valence-electron chi connectivity index (χ2n) is 4.90. The molecule has 6 N–H and O–H groups in total. The molecule has 2 aromatic heterocycles. The predicted octanol–water partition coefficient (Wildman–Crippen LogP) is -2.68. The number of ether oxygens (including phenoxy) is 1. The number of fused-ring (bicyclic) bond motifs is 1. The first-order valence-corrected chi connectivity index (χ1v) is 6.29. The van der Waals surface area contributed by atoms with E-state index in [2.05, 4.69) is 20.9 Å². The van der Waals surface area contributed by atoms with Crippen molar-refractivity contribution < 1.29 is 20.1 Å². The molecule has 1 fully saturated rings. The number of rotatable bonds is 2. The number of aromatic nitrogens is 4. The van der Waals surface area contributed by atoms with Gasteiger partial charge in [0.05, 0.1) is 12.9 Å². The lowest BCUT2D eigenvalue weighted by Crippen LogP contribution is -2.45. The van der Waals surface area contributed by atoms with E-state index in [0.29, 0.717) is 0 Å². The molecule has 0 aliphatic carbocycles. The summed E-state index contributed by atoms with van der Waals surface area (Å²) in [7, 11) is 0. The summed E-state index contributed by atoms with van der Waals surface area (Å²) in [6, 6.07) is 0. The standard InChI is InChI=1S/C12H13N5O5/c1-2-12(21)7(19)5(3-18)22-10(12)17-4-14-6-8(17)15-11(13)16-9(6)20/h1,4-5,7,10,18-19,21H,3H2,(H3,13,15,16,20)/t5-,7-,10-,12+/m1/s1. The number of imidazole rings is 1. The lowest BCUT2D eigenvalue weighted by molar-refractivity contribution is -0.0721. The van der Waals surface area contributed by atoms with Crippen LogP contribution in [0.5, 0.6) is 0 Å². The monoisotopic (exact) mass is 307 g/mol. The van der Waals surface area contributed by atoms with Gasteiger partial charge in [0.15, 0.2) is 23.0 Å². The van der Waals surface area contributed by atoms with Crippen molar-refractivity contribution in [3.63, 3.8) is 0 Å². The van der Waals surface area contributed by atoms with Crippen molar-refractivity contribution in [3.8, 4) is 12.3 Å². The molecule has 10 nitrogen and oxygen atoms in total. The molecule has 1 saturated heterocycles. The number of hydrogen-bond donors (Lipinski definition) is 5. The van der Waals surface area contributed by atoms with E-state index >= 15 is 0 Å². The van der Waals surface area contributed by atoms with Gasteiger partial charge in [-0.25, -0.2) is 4.98 Å². The van der Waals surface area contributed by atoms with Crippen molar-refractivity contribution in [2.45, 2.75) is 24.0 Å². The van der Waals surface area contributed by atoms with E-state index in [1.165, 1.54) is 10.9 Å². The molecule has 0 bridgehead atoms. The molecular formula is C12H13N5O5. The van der Waals surface area contributed by atoms with Crippen molar-refractivity contribution in [3.05, 3.63) is 16.7 Å². The zero-order chi connectivity index (χ0) is 16.1. The number of nitrogens with one attached hydrogen (secondary N) is 1. The maximum atomic E-state index is 11.8. The Bertz CT molecular complexity index is 823. The Morgan fingerprint density at radius 3 is 3.00 bits per heavy atom. The van der Waals surface area contributed by atoms with Gasteiger partial charge in [-0.1, -0.05) is 5.92 Å². The quantitative estimate of drug-likeness (QED) is 0.375. The van der Waals surface area contributed by atoms with Crippen molar-refractivity contribution in [2.24, 2.45) is 0 Å². The normalized spacial score (nSPS) is 31.5. The van der Waals surface area contributed by atoms with Crippen LogP contribution in [0.15, 0.2) is 11.1 Å². The summed E-state index contributed by atoms with van der Waals surface area (Å²) in [6.45, 7) is -0.551. The Balaban J connectivity index is 2.19. The van der Waals surface area contributed by atoms with Gasteiger partial charge in [0.25, 0.3) is 5.56 Å². The maximum absolute atomic E-state index is 11.8. The fourth-order valence-electron chi connectivity index (χ4n) is 2.47. The molecule has 0 spiro atoms. The third-order valence-electron chi connectivity index (χ3n) is 3.60. The predicted molar refractivity (Wildman–Crippen MR) is 73.3 cm³/mol. The molecule has 10 heteroatoms. The molecule has 4 atom stereocenters. The Morgan fingerprint density at radius 2 is 2.36 bits per heavy atom. The highest BCUT2D eigenvalue weighted by atomic mass is 16.6. The number of aromatic amines is 1. The van der Waals surface area contributed by atoms with E-state index in [1.54, 1.807) is 0 Å². The average Bonchev–Trinajstić information content (AvgIpc) is 3.00. The molecule has 0 aromatic carbocycles. The van der Waals surface area contributed by atoms with Crippen LogP contribution in [0.1, 0.15) is 6.23 Å². The van der Waals surface area contributed by atoms with Crippen molar-refractivity contribution in [1.82, 2.24) is 19.5 Å². The van der Waals surface area contributed by atoms with Gasteiger partial charge >= 0.3 is 0 Å². The van der Waals surface area contributed by atoms with Crippen molar-refractivity contribution >= 4 is 17.1 Å². The first-order chi connectivity index (χ1) is 10.4. The van der Waals surface area contributed by atoms with Crippen LogP contribution in [0.2, 0.25) is 0 Å². The van der Waals surface area contributed by atoms with Crippen LogP contribution >= 0.6 is 0 Å². The van der Waals surface area contributed by atoms with Gasteiger partial charge in [0.1, 0.15) is 12.2 Å². The van der Waals surface area contributed by atoms with E-state index in [0.717, 1.165) is 0 Å². The number of aliphatic hydroxyl groups is 3. The van der Waals surface area contributed by atoms with Gasteiger partial charge in [-0.05, 0) is 0 Å². The van der Waals surface area contributed by atoms with E-state index < -0.39 is 36.2 Å². The molecule has 3 rings (SSSR count). The number of H-pyrrole nitrogens is 1. The lowest BCUT2D eigenvalue weighted by atomic mass is 9.95. The third kappa shape index (κ3) is 1.81. The summed E-state index contributed by atoms with van der Waals surface area (Å²) in [5.74, 6) is 1.91. The number of hydrogen-bond acceptors (Lipinski definition) is 8. The Labute approximate surface area is 123 Å². The van der Waals surface area contributed by atoms with E-state index in [4.69, 9.17) is 16.9 Å². The minimum absolute atomic E-state index is 0.0286. The summed E-state index contributed by atoms with van der Waals surface area (Å²) in [5, 5.41) is 29.7. The van der Waals surface area contributed by atoms with Gasteiger partial charge < -0.3 is 25.8 Å². The fraction of sp³-hybridized carbons (Fsp3) is 0.417. The van der Waals surface area contributed by atoms with Gasteiger partial charge in [0, 0.05) is 0 Å². The summed E-state index contributed by atoms with van der Waals surface area (Å²) in [5.41, 5.74) is 2.80. The van der Waals surface area contributed by atoms with Crippen molar-refractivity contribution in [1.29, 1.82) is 0 Å². The van der Waals surface area contributed by atoms with Crippen molar-refractivity contribution in [2.75, 3.05) is 12.3 Å². The second kappa shape index (κ2) is 4.79. The van der Waals surface area contributed by atoms with E-state index in [9.17, 15) is 20.1 Å². The second-order valence-corrected chi connectivity index (χ2v) is 4.90. The minimum atomic E-state index is -2.12. The number of nitrogens with two attached hydrogens (primary N) is 1. The first kappa shape index (κ1) is 14.5. The highest BCUT2D eigenvalue weighted by Gasteiger charge is 2.55.